The van der Waals surface area contributed by atoms with Crippen LogP contribution in [-0.4, -0.2) is 27.8 Å². The van der Waals surface area contributed by atoms with E-state index in [1.807, 2.05) is 30.5 Å². The van der Waals surface area contributed by atoms with E-state index in [-0.39, 0.29) is 11.5 Å². The van der Waals surface area contributed by atoms with Crippen molar-refractivity contribution < 1.29 is 14.7 Å². The number of carboxylic acids is 1. The van der Waals surface area contributed by atoms with Crippen LogP contribution in [0, 0.1) is 13.8 Å². The number of nitrogens with zero attached hydrogens (tertiary/aromatic N) is 2. The first-order valence-corrected chi connectivity index (χ1v) is 8.39. The summed E-state index contributed by atoms with van der Waals surface area (Å²) in [5.74, 6) is -1.28. The molecule has 27 heavy (non-hydrogen) atoms. The molecule has 2 aromatic carbocycles. The summed E-state index contributed by atoms with van der Waals surface area (Å²) < 4.78 is 1.86. The highest BCUT2D eigenvalue weighted by Gasteiger charge is 2.15. The summed E-state index contributed by atoms with van der Waals surface area (Å²) in [7, 11) is 0. The molecule has 0 atom stereocenters. The Morgan fingerprint density at radius 1 is 1.04 bits per heavy atom. The van der Waals surface area contributed by atoms with Crippen molar-refractivity contribution in [3.63, 3.8) is 0 Å². The Morgan fingerprint density at radius 3 is 2.41 bits per heavy atom. The standard InChI is InChI=1S/C21H19N3O3/c1-14-12-17(13-22-23-20(25)16-8-4-3-5-9-16)15(2)24(14)19-11-7-6-10-18(19)21(26)27/h3-13H,1-2H3,(H,23,25)(H,26,27)/b22-13+. The molecule has 136 valence electrons. The zero-order chi connectivity index (χ0) is 19.4. The third-order valence-corrected chi connectivity index (χ3v) is 4.25. The molecule has 1 heterocycles. The maximum absolute atomic E-state index is 12.0. The SMILES string of the molecule is Cc1cc(/C=N/NC(=O)c2ccccc2)c(C)n1-c1ccccc1C(=O)O. The fraction of sp³-hybridized carbons (Fsp3) is 0.0952. The van der Waals surface area contributed by atoms with Gasteiger partial charge in [0.25, 0.3) is 5.91 Å². The highest BCUT2D eigenvalue weighted by atomic mass is 16.4. The molecule has 0 fully saturated rings. The molecule has 6 nitrogen and oxygen atoms in total. The van der Waals surface area contributed by atoms with E-state index in [1.54, 1.807) is 54.7 Å². The Morgan fingerprint density at radius 2 is 1.70 bits per heavy atom. The summed E-state index contributed by atoms with van der Waals surface area (Å²) in [5, 5.41) is 13.5. The number of rotatable bonds is 5. The van der Waals surface area contributed by atoms with Crippen molar-refractivity contribution in [2.75, 3.05) is 0 Å². The molecule has 3 rings (SSSR count). The van der Waals surface area contributed by atoms with Crippen LogP contribution in [0.5, 0.6) is 0 Å². The Balaban J connectivity index is 1.87. The monoisotopic (exact) mass is 361 g/mol. The first kappa shape index (κ1) is 18.1. The second-order valence-electron chi connectivity index (χ2n) is 6.05. The summed E-state index contributed by atoms with van der Waals surface area (Å²) in [6.07, 6.45) is 1.56. The molecule has 0 radical (unpaired) electrons. The van der Waals surface area contributed by atoms with Crippen molar-refractivity contribution in [2.24, 2.45) is 5.10 Å². The lowest BCUT2D eigenvalue weighted by Gasteiger charge is -2.12. The van der Waals surface area contributed by atoms with Gasteiger partial charge in [-0.1, -0.05) is 30.3 Å². The first-order chi connectivity index (χ1) is 13.0. The van der Waals surface area contributed by atoms with Crippen molar-refractivity contribution in [3.05, 3.63) is 88.7 Å². The number of aromatic carboxylic acids is 1. The van der Waals surface area contributed by atoms with Crippen molar-refractivity contribution >= 4 is 18.1 Å². The molecule has 0 saturated carbocycles. The lowest BCUT2D eigenvalue weighted by molar-refractivity contribution is 0.0696. The van der Waals surface area contributed by atoms with Crippen molar-refractivity contribution in [2.45, 2.75) is 13.8 Å². The van der Waals surface area contributed by atoms with Crippen LogP contribution in [0.3, 0.4) is 0 Å². The summed E-state index contributed by atoms with van der Waals surface area (Å²) >= 11 is 0. The molecule has 0 bridgehead atoms. The maximum Gasteiger partial charge on any atom is 0.337 e. The fourth-order valence-corrected chi connectivity index (χ4v) is 2.95. The van der Waals surface area contributed by atoms with Gasteiger partial charge < -0.3 is 9.67 Å². The highest BCUT2D eigenvalue weighted by Crippen LogP contribution is 2.22. The van der Waals surface area contributed by atoms with E-state index in [4.69, 9.17) is 0 Å². The number of nitrogens with one attached hydrogen (secondary N) is 1. The van der Waals surface area contributed by atoms with Gasteiger partial charge in [0.05, 0.1) is 17.5 Å². The zero-order valence-electron chi connectivity index (χ0n) is 15.0. The first-order valence-electron chi connectivity index (χ1n) is 8.39. The van der Waals surface area contributed by atoms with Crippen LogP contribution in [0.1, 0.15) is 37.7 Å². The Kier molecular flexibility index (Phi) is 5.17. The Labute approximate surface area is 156 Å². The quantitative estimate of drug-likeness (QED) is 0.538. The van der Waals surface area contributed by atoms with Gasteiger partial charge >= 0.3 is 5.97 Å². The topological polar surface area (TPSA) is 83.7 Å². The minimum Gasteiger partial charge on any atom is -0.478 e. The van der Waals surface area contributed by atoms with Gasteiger partial charge in [0.15, 0.2) is 0 Å². The zero-order valence-corrected chi connectivity index (χ0v) is 15.0. The van der Waals surface area contributed by atoms with E-state index in [1.165, 1.54) is 0 Å². The number of benzene rings is 2. The molecule has 0 spiro atoms. The minimum absolute atomic E-state index is 0.222. The molecule has 3 aromatic rings. The molecule has 0 aliphatic heterocycles. The Bertz CT molecular complexity index is 1020. The predicted molar refractivity (Wildman–Crippen MR) is 104 cm³/mol. The number of amides is 1. The molecular weight excluding hydrogens is 342 g/mol. The summed E-state index contributed by atoms with van der Waals surface area (Å²) in [6.45, 7) is 3.78. The number of carbonyl (C=O) groups is 2. The fourth-order valence-electron chi connectivity index (χ4n) is 2.95. The predicted octanol–water partition coefficient (Wildman–Crippen LogP) is 3.56. The van der Waals surface area contributed by atoms with Gasteiger partial charge in [0, 0.05) is 22.5 Å². The molecule has 0 aliphatic rings. The number of aryl methyl sites for hydroxylation is 1. The number of hydrogen-bond acceptors (Lipinski definition) is 3. The van der Waals surface area contributed by atoms with E-state index in [2.05, 4.69) is 10.5 Å². The normalized spacial score (nSPS) is 10.9. The van der Waals surface area contributed by atoms with Gasteiger partial charge in [-0.05, 0) is 44.2 Å². The maximum atomic E-state index is 12.0. The van der Waals surface area contributed by atoms with E-state index >= 15 is 0 Å². The third-order valence-electron chi connectivity index (χ3n) is 4.25. The van der Waals surface area contributed by atoms with Gasteiger partial charge in [0.2, 0.25) is 0 Å². The van der Waals surface area contributed by atoms with E-state index in [0.29, 0.717) is 11.3 Å². The Hall–Kier alpha value is -3.67. The molecule has 0 unspecified atom stereocenters. The second kappa shape index (κ2) is 7.70. The van der Waals surface area contributed by atoms with Gasteiger partial charge in [-0.2, -0.15) is 5.10 Å². The molecule has 6 heteroatoms. The average molecular weight is 361 g/mol. The van der Waals surface area contributed by atoms with Crippen LogP contribution >= 0.6 is 0 Å². The van der Waals surface area contributed by atoms with Crippen LogP contribution in [0.2, 0.25) is 0 Å². The van der Waals surface area contributed by atoms with E-state index in [0.717, 1.165) is 17.0 Å². The smallest absolute Gasteiger partial charge is 0.337 e. The molecular formula is C21H19N3O3. The molecule has 0 saturated heterocycles. The molecule has 1 amide bonds. The second-order valence-corrected chi connectivity index (χ2v) is 6.05. The number of aromatic nitrogens is 1. The summed E-state index contributed by atoms with van der Waals surface area (Å²) in [5.41, 5.74) is 6.33. The average Bonchev–Trinajstić information content (AvgIpc) is 2.95. The van der Waals surface area contributed by atoms with Crippen LogP contribution < -0.4 is 5.43 Å². The van der Waals surface area contributed by atoms with Crippen molar-refractivity contribution in [3.8, 4) is 5.69 Å². The van der Waals surface area contributed by atoms with Gasteiger partial charge in [-0.15, -0.1) is 0 Å². The van der Waals surface area contributed by atoms with Gasteiger partial charge in [0.1, 0.15) is 0 Å². The van der Waals surface area contributed by atoms with Crippen molar-refractivity contribution in [1.29, 1.82) is 0 Å². The number of carbonyl (C=O) groups excluding carboxylic acids is 1. The minimum atomic E-state index is -0.983. The summed E-state index contributed by atoms with van der Waals surface area (Å²) in [4.78, 5) is 23.6. The number of hydrogen-bond donors (Lipinski definition) is 2. The highest BCUT2D eigenvalue weighted by molar-refractivity contribution is 5.95. The van der Waals surface area contributed by atoms with Crippen molar-refractivity contribution in [1.82, 2.24) is 9.99 Å². The number of para-hydroxylation sites is 1. The van der Waals surface area contributed by atoms with Crippen LogP contribution in [0.15, 0.2) is 65.8 Å². The lowest BCUT2D eigenvalue weighted by atomic mass is 10.1. The van der Waals surface area contributed by atoms with Gasteiger partial charge in [-0.3, -0.25) is 4.79 Å². The third kappa shape index (κ3) is 3.79. The summed E-state index contributed by atoms with van der Waals surface area (Å²) in [6, 6.07) is 17.6. The molecule has 2 N–H and O–H groups in total. The molecule has 1 aromatic heterocycles. The number of carboxylic acid groups (broad SMARTS) is 1. The largest absolute Gasteiger partial charge is 0.478 e. The van der Waals surface area contributed by atoms with Crippen LogP contribution in [0.4, 0.5) is 0 Å². The van der Waals surface area contributed by atoms with Gasteiger partial charge in [-0.25, -0.2) is 10.2 Å². The van der Waals surface area contributed by atoms with Crippen LogP contribution in [0.25, 0.3) is 5.69 Å². The molecule has 0 aliphatic carbocycles. The number of hydrazone groups is 1. The van der Waals surface area contributed by atoms with E-state index in [9.17, 15) is 14.7 Å². The van der Waals surface area contributed by atoms with E-state index < -0.39 is 5.97 Å². The lowest BCUT2D eigenvalue weighted by Crippen LogP contribution is -2.17. The van der Waals surface area contributed by atoms with Crippen LogP contribution in [-0.2, 0) is 0 Å².